The van der Waals surface area contributed by atoms with Gasteiger partial charge in [-0.2, -0.15) is 0 Å². The van der Waals surface area contributed by atoms with Crippen molar-refractivity contribution in [1.82, 2.24) is 0 Å². The zero-order valence-corrected chi connectivity index (χ0v) is 11.3. The van der Waals surface area contributed by atoms with Crippen LogP contribution in [0.15, 0.2) is 66.7 Å². The topological polar surface area (TPSA) is 35.5 Å². The summed E-state index contributed by atoms with van der Waals surface area (Å²) in [5.74, 6) is 0.490. The highest BCUT2D eigenvalue weighted by molar-refractivity contribution is 5.74. The molecule has 3 nitrogen and oxygen atoms in total. The number of allylic oxidation sites excluding steroid dienone is 1. The van der Waals surface area contributed by atoms with Crippen LogP contribution in [-0.4, -0.2) is 12.8 Å². The molecule has 0 aliphatic rings. The van der Waals surface area contributed by atoms with Gasteiger partial charge < -0.3 is 9.47 Å². The summed E-state index contributed by atoms with van der Waals surface area (Å²) in [6.45, 7) is 2.07. The van der Waals surface area contributed by atoms with E-state index in [1.165, 1.54) is 0 Å². The van der Waals surface area contributed by atoms with E-state index in [0.717, 1.165) is 11.1 Å². The molecular weight excluding hydrogens is 252 g/mol. The minimum Gasteiger partial charge on any atom is -0.430 e. The number of benzene rings is 2. The number of ether oxygens (including phenoxy) is 2. The van der Waals surface area contributed by atoms with Gasteiger partial charge in [0.15, 0.2) is 0 Å². The Morgan fingerprint density at radius 1 is 1.05 bits per heavy atom. The summed E-state index contributed by atoms with van der Waals surface area (Å²) >= 11 is 0. The van der Waals surface area contributed by atoms with Crippen molar-refractivity contribution in [2.75, 3.05) is 6.61 Å². The van der Waals surface area contributed by atoms with E-state index in [4.69, 9.17) is 9.47 Å². The first-order valence-corrected chi connectivity index (χ1v) is 6.41. The molecule has 0 spiro atoms. The third-order valence-corrected chi connectivity index (χ3v) is 2.70. The summed E-state index contributed by atoms with van der Waals surface area (Å²) in [7, 11) is 0. The quantitative estimate of drug-likeness (QED) is 0.467. The normalized spacial score (nSPS) is 10.4. The van der Waals surface area contributed by atoms with Crippen LogP contribution in [0.2, 0.25) is 0 Å². The van der Waals surface area contributed by atoms with Gasteiger partial charge in [-0.05, 0) is 18.6 Å². The molecule has 0 atom stereocenters. The largest absolute Gasteiger partial charge is 0.514 e. The maximum atomic E-state index is 11.6. The number of rotatable bonds is 4. The van der Waals surface area contributed by atoms with Crippen LogP contribution in [0.5, 0.6) is 5.75 Å². The van der Waals surface area contributed by atoms with Crippen molar-refractivity contribution in [3.05, 3.63) is 66.7 Å². The van der Waals surface area contributed by atoms with Gasteiger partial charge in [0.25, 0.3) is 0 Å². The average Bonchev–Trinajstić information content (AvgIpc) is 2.49. The molecule has 20 heavy (non-hydrogen) atoms. The molecule has 0 fully saturated rings. The molecule has 102 valence electrons. The molecule has 3 heteroatoms. The Labute approximate surface area is 118 Å². The molecular formula is C17H16O3. The van der Waals surface area contributed by atoms with Gasteiger partial charge in [0.2, 0.25) is 0 Å². The molecule has 0 aliphatic heterocycles. The Bertz CT molecular complexity index is 588. The summed E-state index contributed by atoms with van der Waals surface area (Å²) in [5, 5.41) is 0. The number of carbonyl (C=O) groups is 1. The Kier molecular flexibility index (Phi) is 4.95. The molecule has 0 aromatic heterocycles. The van der Waals surface area contributed by atoms with Crippen molar-refractivity contribution < 1.29 is 14.3 Å². The smallest absolute Gasteiger partial charge is 0.430 e. The second kappa shape index (κ2) is 7.14. The van der Waals surface area contributed by atoms with Gasteiger partial charge in [0, 0.05) is 5.56 Å². The average molecular weight is 268 g/mol. The Balaban J connectivity index is 2.15. The lowest BCUT2D eigenvalue weighted by molar-refractivity contribution is 0.110. The maximum absolute atomic E-state index is 11.6. The first-order chi connectivity index (χ1) is 9.81. The van der Waals surface area contributed by atoms with Gasteiger partial charge in [-0.15, -0.1) is 0 Å². The fraction of sp³-hybridized carbons (Fsp3) is 0.118. The van der Waals surface area contributed by atoms with Crippen molar-refractivity contribution in [1.29, 1.82) is 0 Å². The number of hydrogen-bond acceptors (Lipinski definition) is 3. The van der Waals surface area contributed by atoms with Crippen molar-refractivity contribution >= 4 is 6.16 Å². The van der Waals surface area contributed by atoms with Crippen LogP contribution in [0.3, 0.4) is 0 Å². The standard InChI is InChI=1S/C17H16O3/c1-2-3-13-19-17(18)20-16-12-8-7-11-15(16)14-9-5-4-6-10-14/h2-12H,13H2,1H3/b3-2+. The second-order valence-corrected chi connectivity index (χ2v) is 4.09. The predicted molar refractivity (Wildman–Crippen MR) is 78.7 cm³/mol. The van der Waals surface area contributed by atoms with E-state index in [-0.39, 0.29) is 6.61 Å². The molecule has 0 N–H and O–H groups in total. The van der Waals surface area contributed by atoms with E-state index in [1.807, 2.05) is 61.5 Å². The van der Waals surface area contributed by atoms with Crippen LogP contribution in [0.4, 0.5) is 4.79 Å². The van der Waals surface area contributed by atoms with Gasteiger partial charge in [0.05, 0.1) is 0 Å². The van der Waals surface area contributed by atoms with Crippen molar-refractivity contribution in [2.24, 2.45) is 0 Å². The lowest BCUT2D eigenvalue weighted by Crippen LogP contribution is -2.11. The minimum atomic E-state index is -0.702. The molecule has 0 saturated carbocycles. The molecule has 0 bridgehead atoms. The minimum absolute atomic E-state index is 0.211. The number of carbonyl (C=O) groups excluding carboxylic acids is 1. The van der Waals surface area contributed by atoms with Gasteiger partial charge in [0.1, 0.15) is 12.4 Å². The fourth-order valence-electron chi connectivity index (χ4n) is 1.74. The summed E-state index contributed by atoms with van der Waals surface area (Å²) in [5.41, 5.74) is 1.85. The van der Waals surface area contributed by atoms with E-state index in [2.05, 4.69) is 0 Å². The van der Waals surface area contributed by atoms with Gasteiger partial charge in [-0.1, -0.05) is 60.7 Å². The highest BCUT2D eigenvalue weighted by atomic mass is 16.7. The summed E-state index contributed by atoms with van der Waals surface area (Å²) in [4.78, 5) is 11.6. The zero-order valence-electron chi connectivity index (χ0n) is 11.3. The van der Waals surface area contributed by atoms with E-state index in [9.17, 15) is 4.79 Å². The second-order valence-electron chi connectivity index (χ2n) is 4.09. The van der Waals surface area contributed by atoms with Crippen LogP contribution >= 0.6 is 0 Å². The monoisotopic (exact) mass is 268 g/mol. The lowest BCUT2D eigenvalue weighted by atomic mass is 10.1. The van der Waals surface area contributed by atoms with Crippen LogP contribution in [0.25, 0.3) is 11.1 Å². The highest BCUT2D eigenvalue weighted by Crippen LogP contribution is 2.29. The molecule has 0 saturated heterocycles. The molecule has 2 aromatic rings. The van der Waals surface area contributed by atoms with Crippen LogP contribution < -0.4 is 4.74 Å². The first kappa shape index (κ1) is 13.9. The lowest BCUT2D eigenvalue weighted by Gasteiger charge is -2.09. The number of hydrogen-bond donors (Lipinski definition) is 0. The van der Waals surface area contributed by atoms with Gasteiger partial charge >= 0.3 is 6.16 Å². The fourth-order valence-corrected chi connectivity index (χ4v) is 1.74. The van der Waals surface area contributed by atoms with E-state index in [0.29, 0.717) is 5.75 Å². The SMILES string of the molecule is C/C=C/COC(=O)Oc1ccccc1-c1ccccc1. The molecule has 0 aliphatic carbocycles. The predicted octanol–water partition coefficient (Wildman–Crippen LogP) is 4.45. The van der Waals surface area contributed by atoms with Crippen LogP contribution in [-0.2, 0) is 4.74 Å². The molecule has 2 rings (SSSR count). The van der Waals surface area contributed by atoms with Gasteiger partial charge in [-0.25, -0.2) is 4.79 Å². The third kappa shape index (κ3) is 3.72. The molecule has 0 amide bonds. The molecule has 0 unspecified atom stereocenters. The summed E-state index contributed by atoms with van der Waals surface area (Å²) < 4.78 is 10.2. The number of para-hydroxylation sites is 1. The van der Waals surface area contributed by atoms with Crippen LogP contribution in [0.1, 0.15) is 6.92 Å². The molecule has 0 heterocycles. The van der Waals surface area contributed by atoms with Crippen molar-refractivity contribution in [3.8, 4) is 16.9 Å². The van der Waals surface area contributed by atoms with Crippen molar-refractivity contribution in [2.45, 2.75) is 6.92 Å². The summed E-state index contributed by atoms with van der Waals surface area (Å²) in [6, 6.07) is 17.1. The zero-order chi connectivity index (χ0) is 14.2. The highest BCUT2D eigenvalue weighted by Gasteiger charge is 2.10. The van der Waals surface area contributed by atoms with E-state index in [1.54, 1.807) is 12.1 Å². The van der Waals surface area contributed by atoms with E-state index < -0.39 is 6.16 Å². The summed E-state index contributed by atoms with van der Waals surface area (Å²) in [6.07, 6.45) is 2.85. The Hall–Kier alpha value is -2.55. The molecule has 0 radical (unpaired) electrons. The first-order valence-electron chi connectivity index (χ1n) is 6.41. The third-order valence-electron chi connectivity index (χ3n) is 2.70. The van der Waals surface area contributed by atoms with Gasteiger partial charge in [-0.3, -0.25) is 0 Å². The Morgan fingerprint density at radius 3 is 2.50 bits per heavy atom. The Morgan fingerprint density at radius 2 is 1.75 bits per heavy atom. The maximum Gasteiger partial charge on any atom is 0.514 e. The van der Waals surface area contributed by atoms with Crippen LogP contribution in [0, 0.1) is 0 Å². The van der Waals surface area contributed by atoms with E-state index >= 15 is 0 Å². The molecule has 2 aromatic carbocycles. The van der Waals surface area contributed by atoms with Crippen molar-refractivity contribution in [3.63, 3.8) is 0 Å².